The van der Waals surface area contributed by atoms with Gasteiger partial charge in [0.25, 0.3) is 0 Å². The highest BCUT2D eigenvalue weighted by Crippen LogP contribution is 2.49. The second kappa shape index (κ2) is 10.4. The molecule has 5 heterocycles. The van der Waals surface area contributed by atoms with E-state index in [0.717, 1.165) is 45.7 Å². The Balaban J connectivity index is 1.23. The number of quaternary nitrogens is 1. The van der Waals surface area contributed by atoms with E-state index in [-0.39, 0.29) is 22.6 Å². The highest BCUT2D eigenvalue weighted by molar-refractivity contribution is 6.33. The fraction of sp³-hybridized carbons (Fsp3) is 0.333. The normalized spacial score (nSPS) is 21.5. The Labute approximate surface area is 241 Å². The SMILES string of the molecule is CC1=Nc2cnc3cc(F)c(-c4ccc(Oc5ncccn5)cc4Cl)cc3c2[N+]1([O-])C1CCN(CC2COC2)CC1. The third kappa shape index (κ3) is 4.65. The lowest BCUT2D eigenvalue weighted by Crippen LogP contribution is -2.58. The van der Waals surface area contributed by atoms with Gasteiger partial charge in [-0.15, -0.1) is 0 Å². The van der Waals surface area contributed by atoms with Crippen LogP contribution in [0.1, 0.15) is 19.8 Å². The number of likely N-dealkylation sites (tertiary alicyclic amines) is 1. The molecule has 0 spiro atoms. The fourth-order valence-electron chi connectivity index (χ4n) is 6.13. The molecule has 0 N–H and O–H groups in total. The van der Waals surface area contributed by atoms with Crippen LogP contribution in [0.25, 0.3) is 22.0 Å². The molecule has 0 saturated carbocycles. The van der Waals surface area contributed by atoms with Gasteiger partial charge in [-0.25, -0.2) is 14.4 Å². The summed E-state index contributed by atoms with van der Waals surface area (Å²) in [4.78, 5) is 19.6. The highest BCUT2D eigenvalue weighted by atomic mass is 35.5. The van der Waals surface area contributed by atoms with Gasteiger partial charge in [0.2, 0.25) is 5.84 Å². The average molecular weight is 575 g/mol. The largest absolute Gasteiger partial charge is 0.621 e. The van der Waals surface area contributed by atoms with Gasteiger partial charge >= 0.3 is 6.01 Å². The molecule has 2 fully saturated rings. The number of benzene rings is 2. The van der Waals surface area contributed by atoms with E-state index >= 15 is 4.39 Å². The molecule has 0 aliphatic carbocycles. The predicted molar refractivity (Wildman–Crippen MR) is 156 cm³/mol. The van der Waals surface area contributed by atoms with Crippen molar-refractivity contribution in [1.82, 2.24) is 24.5 Å². The molecule has 0 bridgehead atoms. The summed E-state index contributed by atoms with van der Waals surface area (Å²) in [5.74, 6) is 0.998. The second-order valence-corrected chi connectivity index (χ2v) is 11.3. The highest BCUT2D eigenvalue weighted by Gasteiger charge is 2.44. The van der Waals surface area contributed by atoms with Gasteiger partial charge in [0, 0.05) is 81.0 Å². The first kappa shape index (κ1) is 26.4. The maximum atomic E-state index is 15.5. The van der Waals surface area contributed by atoms with Crippen LogP contribution in [0.2, 0.25) is 5.02 Å². The average Bonchev–Trinajstić information content (AvgIpc) is 3.22. The molecule has 1 atom stereocenters. The van der Waals surface area contributed by atoms with E-state index in [2.05, 4.69) is 24.8 Å². The van der Waals surface area contributed by atoms with Crippen molar-refractivity contribution in [2.75, 3.05) is 32.8 Å². The van der Waals surface area contributed by atoms with Crippen molar-refractivity contribution in [1.29, 1.82) is 0 Å². The van der Waals surface area contributed by atoms with Crippen LogP contribution in [0.15, 0.2) is 60.0 Å². The van der Waals surface area contributed by atoms with Gasteiger partial charge in [-0.1, -0.05) is 11.6 Å². The molecule has 2 saturated heterocycles. The number of piperidine rings is 1. The first-order valence-corrected chi connectivity index (χ1v) is 14.1. The molecule has 3 aliphatic rings. The molecule has 4 aromatic rings. The number of fused-ring (bicyclic) bond motifs is 3. The fourth-order valence-corrected chi connectivity index (χ4v) is 6.40. The minimum absolute atomic E-state index is 0.178. The lowest BCUT2D eigenvalue weighted by atomic mass is 9.97. The monoisotopic (exact) mass is 574 g/mol. The van der Waals surface area contributed by atoms with Crippen molar-refractivity contribution in [2.24, 2.45) is 10.9 Å². The van der Waals surface area contributed by atoms with Crippen molar-refractivity contribution in [3.8, 4) is 22.9 Å². The zero-order chi connectivity index (χ0) is 28.1. The number of rotatable bonds is 6. The van der Waals surface area contributed by atoms with Crippen molar-refractivity contribution in [3.05, 3.63) is 71.0 Å². The van der Waals surface area contributed by atoms with E-state index in [0.29, 0.717) is 45.3 Å². The number of hydroxylamine groups is 2. The van der Waals surface area contributed by atoms with Gasteiger partial charge < -0.3 is 19.6 Å². The Hall–Kier alpha value is -3.54. The van der Waals surface area contributed by atoms with Crippen LogP contribution in [0.5, 0.6) is 11.8 Å². The van der Waals surface area contributed by atoms with Gasteiger partial charge in [0.1, 0.15) is 23.3 Å². The van der Waals surface area contributed by atoms with Crippen LogP contribution in [0.3, 0.4) is 0 Å². The third-order valence-electron chi connectivity index (χ3n) is 8.28. The number of aliphatic imine (C=N–C) groups is 1. The maximum Gasteiger partial charge on any atom is 0.321 e. The summed E-state index contributed by atoms with van der Waals surface area (Å²) in [5.41, 5.74) is 2.21. The van der Waals surface area contributed by atoms with E-state index in [9.17, 15) is 5.21 Å². The molecule has 3 aliphatic heterocycles. The number of hydrogen-bond donors (Lipinski definition) is 0. The molecule has 9 nitrogen and oxygen atoms in total. The first-order chi connectivity index (χ1) is 19.9. The summed E-state index contributed by atoms with van der Waals surface area (Å²) in [5, 5.41) is 15.7. The zero-order valence-electron chi connectivity index (χ0n) is 22.5. The van der Waals surface area contributed by atoms with Crippen LogP contribution in [0, 0.1) is 16.9 Å². The number of nitrogens with zero attached hydrogens (tertiary/aromatic N) is 6. The van der Waals surface area contributed by atoms with E-state index in [1.807, 2.05) is 0 Å². The maximum absolute atomic E-state index is 15.5. The number of amidine groups is 1. The van der Waals surface area contributed by atoms with Crippen LogP contribution in [-0.2, 0) is 4.74 Å². The topological polar surface area (TPSA) is 95.8 Å². The van der Waals surface area contributed by atoms with E-state index in [4.69, 9.17) is 21.1 Å². The summed E-state index contributed by atoms with van der Waals surface area (Å²) in [7, 11) is 0. The van der Waals surface area contributed by atoms with Gasteiger partial charge in [-0.2, -0.15) is 4.99 Å². The van der Waals surface area contributed by atoms with E-state index in [1.165, 1.54) is 6.07 Å². The minimum atomic E-state index is -0.641. The summed E-state index contributed by atoms with van der Waals surface area (Å²) in [6.45, 7) is 6.14. The number of halogens is 2. The number of ether oxygens (including phenoxy) is 2. The molecule has 0 amide bonds. The molecule has 41 heavy (non-hydrogen) atoms. The van der Waals surface area contributed by atoms with Crippen molar-refractivity contribution in [2.45, 2.75) is 25.8 Å². The minimum Gasteiger partial charge on any atom is -0.621 e. The Morgan fingerprint density at radius 3 is 2.59 bits per heavy atom. The molecule has 2 aromatic heterocycles. The molecule has 11 heteroatoms. The van der Waals surface area contributed by atoms with Gasteiger partial charge in [-0.3, -0.25) is 9.63 Å². The third-order valence-corrected chi connectivity index (χ3v) is 8.59. The van der Waals surface area contributed by atoms with Gasteiger partial charge in [-0.05, 0) is 24.3 Å². The molecule has 210 valence electrons. The Kier molecular flexibility index (Phi) is 6.67. The van der Waals surface area contributed by atoms with E-state index < -0.39 is 10.5 Å². The smallest absolute Gasteiger partial charge is 0.321 e. The van der Waals surface area contributed by atoms with Crippen molar-refractivity contribution in [3.63, 3.8) is 0 Å². The van der Waals surface area contributed by atoms with Crippen molar-refractivity contribution < 1.29 is 13.9 Å². The predicted octanol–water partition coefficient (Wildman–Crippen LogP) is 6.26. The molecule has 7 rings (SSSR count). The summed E-state index contributed by atoms with van der Waals surface area (Å²) < 4.78 is 25.9. The van der Waals surface area contributed by atoms with Crippen LogP contribution < -0.4 is 9.38 Å². The lowest BCUT2D eigenvalue weighted by molar-refractivity contribution is -0.0495. The molecule has 2 aromatic carbocycles. The molecule has 0 radical (unpaired) electrons. The number of pyridine rings is 1. The van der Waals surface area contributed by atoms with Crippen LogP contribution >= 0.6 is 11.6 Å². The van der Waals surface area contributed by atoms with Crippen LogP contribution in [-0.4, -0.2) is 64.6 Å². The van der Waals surface area contributed by atoms with Gasteiger partial charge in [0.15, 0.2) is 5.69 Å². The number of hydrogen-bond acceptors (Lipinski definition) is 8. The molecular formula is C30H28ClFN6O3. The lowest BCUT2D eigenvalue weighted by Gasteiger charge is -2.48. The number of aromatic nitrogens is 3. The quantitative estimate of drug-likeness (QED) is 0.198. The standard InChI is InChI=1S/C30H28ClFN6O3/c1-18-36-28-14-35-27-13-26(32)23(22-4-3-21(11-25(22)31)41-30-33-7-2-8-34-30)12-24(27)29(28)38(18,39)20-5-9-37(10-6-20)15-19-16-40-17-19/h2-4,7-8,11-14,19-20H,5-6,9-10,15-17H2,1H3. The molecular weight excluding hydrogens is 547 g/mol. The summed E-state index contributed by atoms with van der Waals surface area (Å²) in [6.07, 6.45) is 6.22. The first-order valence-electron chi connectivity index (χ1n) is 13.7. The molecule has 1 unspecified atom stereocenters. The summed E-state index contributed by atoms with van der Waals surface area (Å²) >= 11 is 6.63. The zero-order valence-corrected chi connectivity index (χ0v) is 23.2. The summed E-state index contributed by atoms with van der Waals surface area (Å²) in [6, 6.07) is 9.69. The second-order valence-electron chi connectivity index (χ2n) is 10.9. The van der Waals surface area contributed by atoms with Crippen molar-refractivity contribution >= 4 is 39.7 Å². The van der Waals surface area contributed by atoms with Crippen LogP contribution in [0.4, 0.5) is 15.8 Å². The van der Waals surface area contributed by atoms with Gasteiger partial charge in [0.05, 0.1) is 35.3 Å². The Morgan fingerprint density at radius 1 is 1.10 bits per heavy atom. The Morgan fingerprint density at radius 2 is 1.88 bits per heavy atom. The van der Waals surface area contributed by atoms with E-state index in [1.54, 1.807) is 55.8 Å². The Bertz CT molecular complexity index is 1660.